The van der Waals surface area contributed by atoms with Crippen LogP contribution in [0.25, 0.3) is 0 Å². The Bertz CT molecular complexity index is 810. The smallest absolute Gasteiger partial charge is 0.270 e. The Labute approximate surface area is 136 Å². The highest BCUT2D eigenvalue weighted by Gasteiger charge is 2.15. The van der Waals surface area contributed by atoms with E-state index in [1.54, 1.807) is 0 Å². The van der Waals surface area contributed by atoms with Crippen LogP contribution >= 0.6 is 11.6 Å². The van der Waals surface area contributed by atoms with Gasteiger partial charge in [-0.15, -0.1) is 0 Å². The molecule has 0 aliphatic carbocycles. The normalized spacial score (nSPS) is 9.65. The largest absolute Gasteiger partial charge is 0.341 e. The third-order valence-corrected chi connectivity index (χ3v) is 3.15. The maximum absolute atomic E-state index is 12.7. The fourth-order valence-electron chi connectivity index (χ4n) is 1.70. The summed E-state index contributed by atoms with van der Waals surface area (Å²) in [6.45, 7) is 0.0230. The Morgan fingerprint density at radius 1 is 1.26 bits per heavy atom. The number of carbonyl (C=O) groups is 1. The minimum atomic E-state index is -0.610. The van der Waals surface area contributed by atoms with Crippen molar-refractivity contribution in [3.8, 4) is 11.8 Å². The standard InChI is InChI=1S/C16H10ClFN2O3/c17-15-8-7-13(20(22)23)10-14(15)16(21)19-9-1-2-11-3-5-12(18)6-4-11/h3-8,10H,9H2,(H,19,21). The molecule has 5 nitrogen and oxygen atoms in total. The van der Waals surface area contributed by atoms with E-state index in [1.165, 1.54) is 36.4 Å². The molecule has 0 heterocycles. The Kier molecular flexibility index (Phi) is 5.28. The quantitative estimate of drug-likeness (QED) is 0.533. The van der Waals surface area contributed by atoms with Crippen molar-refractivity contribution in [1.29, 1.82) is 0 Å². The van der Waals surface area contributed by atoms with Gasteiger partial charge in [0.2, 0.25) is 0 Å². The lowest BCUT2D eigenvalue weighted by molar-refractivity contribution is -0.384. The van der Waals surface area contributed by atoms with Crippen LogP contribution < -0.4 is 5.32 Å². The van der Waals surface area contributed by atoms with Crippen LogP contribution in [0.5, 0.6) is 0 Å². The van der Waals surface area contributed by atoms with E-state index in [0.29, 0.717) is 5.56 Å². The summed E-state index contributed by atoms with van der Waals surface area (Å²) in [7, 11) is 0. The van der Waals surface area contributed by atoms with Gasteiger partial charge >= 0.3 is 0 Å². The van der Waals surface area contributed by atoms with Crippen molar-refractivity contribution in [2.75, 3.05) is 6.54 Å². The van der Waals surface area contributed by atoms with E-state index < -0.39 is 10.8 Å². The molecule has 116 valence electrons. The van der Waals surface area contributed by atoms with Gasteiger partial charge in [0.1, 0.15) is 5.82 Å². The summed E-state index contributed by atoms with van der Waals surface area (Å²) in [6, 6.07) is 9.21. The summed E-state index contributed by atoms with van der Waals surface area (Å²) in [6.07, 6.45) is 0. The lowest BCUT2D eigenvalue weighted by atomic mass is 10.2. The molecule has 0 saturated heterocycles. The maximum atomic E-state index is 12.7. The number of halogens is 2. The zero-order valence-electron chi connectivity index (χ0n) is 11.7. The van der Waals surface area contributed by atoms with E-state index in [0.717, 1.165) is 6.07 Å². The molecule has 0 aromatic heterocycles. The number of amides is 1. The molecular formula is C16H10ClFN2O3. The van der Waals surface area contributed by atoms with Gasteiger partial charge in [0.05, 0.1) is 22.1 Å². The molecule has 2 rings (SSSR count). The summed E-state index contributed by atoms with van der Waals surface area (Å²) < 4.78 is 12.7. The van der Waals surface area contributed by atoms with Gasteiger partial charge in [0.15, 0.2) is 0 Å². The summed E-state index contributed by atoms with van der Waals surface area (Å²) in [4.78, 5) is 22.1. The van der Waals surface area contributed by atoms with Gasteiger partial charge in [0.25, 0.3) is 11.6 Å². The highest BCUT2D eigenvalue weighted by molar-refractivity contribution is 6.33. The molecule has 0 aliphatic heterocycles. The monoisotopic (exact) mass is 332 g/mol. The number of nitro benzene ring substituents is 1. The number of nitrogens with zero attached hydrogens (tertiary/aromatic N) is 1. The zero-order valence-corrected chi connectivity index (χ0v) is 12.4. The molecule has 2 aromatic carbocycles. The Morgan fingerprint density at radius 2 is 1.96 bits per heavy atom. The number of rotatable bonds is 3. The third kappa shape index (κ3) is 4.53. The molecule has 0 radical (unpaired) electrons. The molecule has 23 heavy (non-hydrogen) atoms. The van der Waals surface area contributed by atoms with Gasteiger partial charge in [-0.05, 0) is 30.3 Å². The van der Waals surface area contributed by atoms with Crippen molar-refractivity contribution >= 4 is 23.2 Å². The molecule has 0 aliphatic rings. The fraction of sp³-hybridized carbons (Fsp3) is 0.0625. The number of non-ortho nitro benzene ring substituents is 1. The van der Waals surface area contributed by atoms with Crippen LogP contribution in [0.4, 0.5) is 10.1 Å². The second kappa shape index (κ2) is 7.38. The van der Waals surface area contributed by atoms with Crippen LogP contribution in [0.15, 0.2) is 42.5 Å². The first kappa shape index (κ1) is 16.5. The third-order valence-electron chi connectivity index (χ3n) is 2.82. The van der Waals surface area contributed by atoms with Crippen LogP contribution in [-0.4, -0.2) is 17.4 Å². The predicted molar refractivity (Wildman–Crippen MR) is 83.7 cm³/mol. The van der Waals surface area contributed by atoms with Gasteiger partial charge in [0, 0.05) is 17.7 Å². The van der Waals surface area contributed by atoms with Gasteiger partial charge in [-0.1, -0.05) is 23.4 Å². The minimum Gasteiger partial charge on any atom is -0.341 e. The summed E-state index contributed by atoms with van der Waals surface area (Å²) in [5.74, 6) is 4.53. The second-order valence-electron chi connectivity index (χ2n) is 4.41. The minimum absolute atomic E-state index is 0.00412. The molecule has 2 aromatic rings. The van der Waals surface area contributed by atoms with Gasteiger partial charge in [-0.3, -0.25) is 14.9 Å². The summed E-state index contributed by atoms with van der Waals surface area (Å²) >= 11 is 5.86. The molecule has 7 heteroatoms. The molecule has 1 amide bonds. The molecule has 0 atom stereocenters. The predicted octanol–water partition coefficient (Wildman–Crippen LogP) is 3.17. The van der Waals surface area contributed by atoms with Crippen molar-refractivity contribution in [2.24, 2.45) is 0 Å². The fourth-order valence-corrected chi connectivity index (χ4v) is 1.90. The molecule has 1 N–H and O–H groups in total. The average Bonchev–Trinajstić information content (AvgIpc) is 2.53. The van der Waals surface area contributed by atoms with Crippen molar-refractivity contribution < 1.29 is 14.1 Å². The highest BCUT2D eigenvalue weighted by Crippen LogP contribution is 2.21. The summed E-state index contributed by atoms with van der Waals surface area (Å²) in [5.41, 5.74) is 0.385. The summed E-state index contributed by atoms with van der Waals surface area (Å²) in [5, 5.41) is 13.3. The van der Waals surface area contributed by atoms with Crippen LogP contribution in [0.1, 0.15) is 15.9 Å². The Hall–Kier alpha value is -2.91. The molecular weight excluding hydrogens is 323 g/mol. The number of hydrogen-bond donors (Lipinski definition) is 1. The van der Waals surface area contributed by atoms with Gasteiger partial charge in [-0.25, -0.2) is 4.39 Å². The second-order valence-corrected chi connectivity index (χ2v) is 4.82. The highest BCUT2D eigenvalue weighted by atomic mass is 35.5. The first-order chi connectivity index (χ1) is 11.0. The number of nitrogens with one attached hydrogen (secondary N) is 1. The topological polar surface area (TPSA) is 72.2 Å². The lowest BCUT2D eigenvalue weighted by Crippen LogP contribution is -2.24. The van der Waals surface area contributed by atoms with E-state index in [1.807, 2.05) is 0 Å². The SMILES string of the molecule is O=C(NCC#Cc1ccc(F)cc1)c1cc([N+](=O)[O-])ccc1Cl. The van der Waals surface area contributed by atoms with Crippen molar-refractivity contribution in [1.82, 2.24) is 5.32 Å². The van der Waals surface area contributed by atoms with Crippen LogP contribution in [0, 0.1) is 27.8 Å². The van der Waals surface area contributed by atoms with E-state index in [-0.39, 0.29) is 28.6 Å². The number of benzene rings is 2. The van der Waals surface area contributed by atoms with Crippen LogP contribution in [0.2, 0.25) is 5.02 Å². The molecule has 0 fully saturated rings. The average molecular weight is 333 g/mol. The van der Waals surface area contributed by atoms with Crippen LogP contribution in [-0.2, 0) is 0 Å². The first-order valence-corrected chi connectivity index (χ1v) is 6.82. The van der Waals surface area contributed by atoms with Gasteiger partial charge < -0.3 is 5.32 Å². The Morgan fingerprint density at radius 3 is 2.61 bits per heavy atom. The van der Waals surface area contributed by atoms with Crippen LogP contribution in [0.3, 0.4) is 0 Å². The van der Waals surface area contributed by atoms with Gasteiger partial charge in [-0.2, -0.15) is 0 Å². The molecule has 0 unspecified atom stereocenters. The van der Waals surface area contributed by atoms with Crippen molar-refractivity contribution in [3.63, 3.8) is 0 Å². The number of nitro groups is 1. The zero-order chi connectivity index (χ0) is 16.8. The van der Waals surface area contributed by atoms with E-state index in [2.05, 4.69) is 17.2 Å². The van der Waals surface area contributed by atoms with E-state index in [9.17, 15) is 19.3 Å². The number of hydrogen-bond acceptors (Lipinski definition) is 3. The van der Waals surface area contributed by atoms with Crippen molar-refractivity contribution in [3.05, 3.63) is 74.5 Å². The lowest BCUT2D eigenvalue weighted by Gasteiger charge is -2.03. The maximum Gasteiger partial charge on any atom is 0.270 e. The Balaban J connectivity index is 2.02. The van der Waals surface area contributed by atoms with Crippen molar-refractivity contribution in [2.45, 2.75) is 0 Å². The molecule has 0 spiro atoms. The molecule has 0 bridgehead atoms. The number of carbonyl (C=O) groups excluding carboxylic acids is 1. The first-order valence-electron chi connectivity index (χ1n) is 6.44. The van der Waals surface area contributed by atoms with E-state index in [4.69, 9.17) is 11.6 Å². The molecule has 0 saturated carbocycles. The van der Waals surface area contributed by atoms with E-state index >= 15 is 0 Å².